The molecule has 0 unspecified atom stereocenters. The van der Waals surface area contributed by atoms with Crippen LogP contribution in [0.25, 0.3) is 0 Å². The van der Waals surface area contributed by atoms with E-state index in [1.54, 1.807) is 18.3 Å². The summed E-state index contributed by atoms with van der Waals surface area (Å²) in [5.74, 6) is 0.742. The molecule has 1 aliphatic heterocycles. The summed E-state index contributed by atoms with van der Waals surface area (Å²) < 4.78 is 5.72. The number of rotatable bonds is 7. The Morgan fingerprint density at radius 1 is 1.45 bits per heavy atom. The van der Waals surface area contributed by atoms with E-state index in [0.717, 1.165) is 25.7 Å². The van der Waals surface area contributed by atoms with Crippen LogP contribution in [0.4, 0.5) is 0 Å². The maximum absolute atomic E-state index is 12.4. The molecule has 0 radical (unpaired) electrons. The van der Waals surface area contributed by atoms with Gasteiger partial charge in [0.15, 0.2) is 0 Å². The maximum Gasteiger partial charge on any atom is 0.232 e. The summed E-state index contributed by atoms with van der Waals surface area (Å²) in [6, 6.07) is 5.46. The first kappa shape index (κ1) is 16.3. The van der Waals surface area contributed by atoms with Gasteiger partial charge in [-0.2, -0.15) is 5.26 Å². The molecule has 118 valence electrons. The third kappa shape index (κ3) is 3.76. The molecular formula is C17H23N3O2. The average Bonchev–Trinajstić information content (AvgIpc) is 2.50. The molecule has 22 heavy (non-hydrogen) atoms. The monoisotopic (exact) mass is 301 g/mol. The van der Waals surface area contributed by atoms with Crippen LogP contribution >= 0.6 is 0 Å². The molecular weight excluding hydrogens is 278 g/mol. The van der Waals surface area contributed by atoms with Gasteiger partial charge >= 0.3 is 0 Å². The van der Waals surface area contributed by atoms with Gasteiger partial charge < -0.3 is 9.64 Å². The molecule has 1 fully saturated rings. The maximum atomic E-state index is 12.4. The van der Waals surface area contributed by atoms with Crippen LogP contribution in [0.15, 0.2) is 18.3 Å². The molecule has 0 aromatic carbocycles. The zero-order valence-corrected chi connectivity index (χ0v) is 13.3. The summed E-state index contributed by atoms with van der Waals surface area (Å²) in [4.78, 5) is 18.4. The average molecular weight is 301 g/mol. The van der Waals surface area contributed by atoms with Gasteiger partial charge in [0.25, 0.3) is 0 Å². The summed E-state index contributed by atoms with van der Waals surface area (Å²) in [6.45, 7) is 5.40. The van der Waals surface area contributed by atoms with Crippen molar-refractivity contribution in [1.29, 1.82) is 5.26 Å². The Bertz CT molecular complexity index is 541. The second kappa shape index (κ2) is 7.79. The van der Waals surface area contributed by atoms with Gasteiger partial charge in [-0.05, 0) is 25.0 Å². The van der Waals surface area contributed by atoms with Crippen molar-refractivity contribution in [3.63, 3.8) is 0 Å². The lowest BCUT2D eigenvalue weighted by atomic mass is 9.95. The molecule has 0 atom stereocenters. The molecule has 2 rings (SSSR count). The first-order chi connectivity index (χ1) is 10.7. The highest BCUT2D eigenvalue weighted by atomic mass is 16.5. The normalized spacial score (nSPS) is 14.5. The molecule has 1 aliphatic rings. The number of aromatic nitrogens is 1. The van der Waals surface area contributed by atoms with Gasteiger partial charge in [0.05, 0.1) is 13.1 Å². The highest BCUT2D eigenvalue weighted by Crippen LogP contribution is 2.23. The quantitative estimate of drug-likeness (QED) is 0.776. The smallest absolute Gasteiger partial charge is 0.232 e. The lowest BCUT2D eigenvalue weighted by molar-refractivity contribution is -0.145. The Balaban J connectivity index is 1.87. The number of pyridine rings is 1. The van der Waals surface area contributed by atoms with Crippen LogP contribution in [-0.2, 0) is 4.79 Å². The van der Waals surface area contributed by atoms with E-state index < -0.39 is 0 Å². The van der Waals surface area contributed by atoms with Gasteiger partial charge in [-0.3, -0.25) is 4.79 Å². The Labute approximate surface area is 131 Å². The van der Waals surface area contributed by atoms with Crippen LogP contribution in [0.5, 0.6) is 5.88 Å². The van der Waals surface area contributed by atoms with Crippen molar-refractivity contribution in [1.82, 2.24) is 9.88 Å². The topological polar surface area (TPSA) is 66.2 Å². The second-order valence-corrected chi connectivity index (χ2v) is 5.73. The number of carbonyl (C=O) groups excluding carboxylic acids is 1. The number of amides is 1. The molecule has 2 heterocycles. The van der Waals surface area contributed by atoms with Crippen molar-refractivity contribution in [3.8, 4) is 11.9 Å². The molecule has 0 bridgehead atoms. The standard InChI is InChI=1S/C17H23N3O2/c1-3-6-13(7-4-2)17(21)20-11-15(12-20)22-16-14(10-18)8-5-9-19-16/h5,8-9,13,15H,3-4,6-7,11-12H2,1-2H3. The SMILES string of the molecule is CCCC(CCC)C(=O)N1CC(Oc2ncccc2C#N)C1. The Hall–Kier alpha value is -2.09. The molecule has 5 heteroatoms. The zero-order chi connectivity index (χ0) is 15.9. The molecule has 5 nitrogen and oxygen atoms in total. The number of nitrogens with zero attached hydrogens (tertiary/aromatic N) is 3. The minimum atomic E-state index is -0.0603. The molecule has 1 aromatic heterocycles. The van der Waals surface area contributed by atoms with Gasteiger partial charge in [-0.1, -0.05) is 26.7 Å². The third-order valence-electron chi connectivity index (χ3n) is 3.95. The molecule has 0 N–H and O–H groups in total. The van der Waals surface area contributed by atoms with Crippen LogP contribution < -0.4 is 4.74 Å². The van der Waals surface area contributed by atoms with Gasteiger partial charge in [0, 0.05) is 12.1 Å². The minimum absolute atomic E-state index is 0.0603. The van der Waals surface area contributed by atoms with E-state index >= 15 is 0 Å². The Morgan fingerprint density at radius 2 is 2.14 bits per heavy atom. The van der Waals surface area contributed by atoms with Crippen LogP contribution in [0.1, 0.15) is 45.1 Å². The largest absolute Gasteiger partial charge is 0.470 e. The Kier molecular flexibility index (Phi) is 5.76. The summed E-state index contributed by atoms with van der Waals surface area (Å²) in [5, 5.41) is 9.02. The van der Waals surface area contributed by atoms with Crippen molar-refractivity contribution in [2.45, 2.75) is 45.6 Å². The molecule has 1 aromatic rings. The number of hydrogen-bond acceptors (Lipinski definition) is 4. The van der Waals surface area contributed by atoms with Gasteiger partial charge in [0.1, 0.15) is 17.7 Å². The summed E-state index contributed by atoms with van der Waals surface area (Å²) in [6.07, 6.45) is 5.51. The van der Waals surface area contributed by atoms with Crippen LogP contribution in [0.2, 0.25) is 0 Å². The van der Waals surface area contributed by atoms with Crippen molar-refractivity contribution < 1.29 is 9.53 Å². The van der Waals surface area contributed by atoms with Crippen LogP contribution in [0.3, 0.4) is 0 Å². The van der Waals surface area contributed by atoms with E-state index in [4.69, 9.17) is 10.00 Å². The molecule has 1 amide bonds. The third-order valence-corrected chi connectivity index (χ3v) is 3.95. The lowest BCUT2D eigenvalue weighted by Crippen LogP contribution is -2.57. The van der Waals surface area contributed by atoms with E-state index in [0.29, 0.717) is 24.5 Å². The van der Waals surface area contributed by atoms with Crippen LogP contribution in [-0.4, -0.2) is 35.0 Å². The molecule has 0 spiro atoms. The fourth-order valence-electron chi connectivity index (χ4n) is 2.77. The summed E-state index contributed by atoms with van der Waals surface area (Å²) in [5.41, 5.74) is 0.433. The lowest BCUT2D eigenvalue weighted by Gasteiger charge is -2.40. The summed E-state index contributed by atoms with van der Waals surface area (Å²) in [7, 11) is 0. The van der Waals surface area contributed by atoms with Crippen molar-refractivity contribution in [2.75, 3.05) is 13.1 Å². The van der Waals surface area contributed by atoms with Crippen molar-refractivity contribution >= 4 is 5.91 Å². The van der Waals surface area contributed by atoms with Gasteiger partial charge in [-0.25, -0.2) is 4.98 Å². The predicted octanol–water partition coefficient (Wildman–Crippen LogP) is 2.76. The predicted molar refractivity (Wildman–Crippen MR) is 83.3 cm³/mol. The summed E-state index contributed by atoms with van der Waals surface area (Å²) >= 11 is 0. The minimum Gasteiger partial charge on any atom is -0.470 e. The van der Waals surface area contributed by atoms with E-state index in [9.17, 15) is 4.79 Å². The van der Waals surface area contributed by atoms with E-state index in [1.165, 1.54) is 0 Å². The van der Waals surface area contributed by atoms with Gasteiger partial charge in [0.2, 0.25) is 11.8 Å². The fraction of sp³-hybridized carbons (Fsp3) is 0.588. The number of carbonyl (C=O) groups is 1. The first-order valence-electron chi connectivity index (χ1n) is 8.00. The van der Waals surface area contributed by atoms with Crippen LogP contribution in [0, 0.1) is 17.2 Å². The van der Waals surface area contributed by atoms with Crippen molar-refractivity contribution in [2.24, 2.45) is 5.92 Å². The molecule has 0 saturated carbocycles. The Morgan fingerprint density at radius 3 is 2.73 bits per heavy atom. The van der Waals surface area contributed by atoms with Crippen molar-refractivity contribution in [3.05, 3.63) is 23.9 Å². The van der Waals surface area contributed by atoms with E-state index in [-0.39, 0.29) is 17.9 Å². The molecule has 0 aliphatic carbocycles. The zero-order valence-electron chi connectivity index (χ0n) is 13.3. The number of nitriles is 1. The van der Waals surface area contributed by atoms with E-state index in [2.05, 4.69) is 24.9 Å². The second-order valence-electron chi connectivity index (χ2n) is 5.73. The van der Waals surface area contributed by atoms with Gasteiger partial charge in [-0.15, -0.1) is 0 Å². The number of likely N-dealkylation sites (tertiary alicyclic amines) is 1. The number of hydrogen-bond donors (Lipinski definition) is 0. The molecule has 1 saturated heterocycles. The highest BCUT2D eigenvalue weighted by Gasteiger charge is 2.35. The van der Waals surface area contributed by atoms with E-state index in [1.807, 2.05) is 4.90 Å². The fourth-order valence-corrected chi connectivity index (χ4v) is 2.77. The highest BCUT2D eigenvalue weighted by molar-refractivity contribution is 5.79. The number of ether oxygens (including phenoxy) is 1. The first-order valence-corrected chi connectivity index (χ1v) is 8.00.